The summed E-state index contributed by atoms with van der Waals surface area (Å²) in [6.45, 7) is 1.73. The zero-order valence-corrected chi connectivity index (χ0v) is 11.1. The number of carbonyl (C=O) groups is 2. The lowest BCUT2D eigenvalue weighted by Gasteiger charge is -2.10. The molecule has 0 spiro atoms. The average molecular weight is 273 g/mol. The minimum atomic E-state index is -0.506. The van der Waals surface area contributed by atoms with Crippen LogP contribution in [-0.4, -0.2) is 24.2 Å². The van der Waals surface area contributed by atoms with Crippen LogP contribution in [0.3, 0.4) is 0 Å². The lowest BCUT2D eigenvalue weighted by atomic mass is 10.4. The van der Waals surface area contributed by atoms with Gasteiger partial charge in [-0.2, -0.15) is 0 Å². The molecule has 92 valence electrons. The molecule has 1 atom stereocenters. The third-order valence-corrected chi connectivity index (χ3v) is 3.27. The number of imide groups is 1. The van der Waals surface area contributed by atoms with Crippen LogP contribution >= 0.6 is 23.4 Å². The number of rotatable bonds is 3. The topological polar surface area (TPSA) is 58.2 Å². The molecule has 17 heavy (non-hydrogen) atoms. The van der Waals surface area contributed by atoms with Crippen molar-refractivity contribution in [3.63, 3.8) is 0 Å². The molecule has 0 radical (unpaired) electrons. The zero-order valence-electron chi connectivity index (χ0n) is 9.49. The molecule has 0 aromatic heterocycles. The molecular weight excluding hydrogens is 260 g/mol. The summed E-state index contributed by atoms with van der Waals surface area (Å²) in [7, 11) is 1.46. The van der Waals surface area contributed by atoms with Crippen molar-refractivity contribution in [3.05, 3.63) is 29.3 Å². The van der Waals surface area contributed by atoms with Crippen molar-refractivity contribution in [2.75, 3.05) is 7.05 Å². The molecule has 0 aliphatic heterocycles. The Labute approximate surface area is 109 Å². The average Bonchev–Trinajstić information content (AvgIpc) is 2.28. The molecule has 1 aromatic rings. The van der Waals surface area contributed by atoms with Crippen LogP contribution in [0.1, 0.15) is 6.92 Å². The molecule has 0 unspecified atom stereocenters. The Morgan fingerprint density at radius 3 is 2.71 bits per heavy atom. The Morgan fingerprint density at radius 2 is 2.12 bits per heavy atom. The van der Waals surface area contributed by atoms with Gasteiger partial charge in [-0.25, -0.2) is 4.79 Å². The van der Waals surface area contributed by atoms with Crippen molar-refractivity contribution >= 4 is 35.3 Å². The van der Waals surface area contributed by atoms with Crippen LogP contribution in [0.4, 0.5) is 4.79 Å². The van der Waals surface area contributed by atoms with Crippen molar-refractivity contribution in [1.82, 2.24) is 10.6 Å². The summed E-state index contributed by atoms with van der Waals surface area (Å²) >= 11 is 7.18. The number of hydrogen-bond acceptors (Lipinski definition) is 3. The predicted octanol–water partition coefficient (Wildman–Crippen LogP) is 2.28. The second-order valence-corrected chi connectivity index (χ2v) is 5.14. The minimum Gasteiger partial charge on any atom is -0.341 e. The van der Waals surface area contributed by atoms with Gasteiger partial charge >= 0.3 is 6.03 Å². The summed E-state index contributed by atoms with van der Waals surface area (Å²) in [5.41, 5.74) is 0. The van der Waals surface area contributed by atoms with E-state index in [-0.39, 0.29) is 11.2 Å². The molecule has 1 rings (SSSR count). The fourth-order valence-corrected chi connectivity index (χ4v) is 2.26. The molecule has 4 nitrogen and oxygen atoms in total. The van der Waals surface area contributed by atoms with Crippen molar-refractivity contribution in [2.24, 2.45) is 0 Å². The highest BCUT2D eigenvalue weighted by atomic mass is 35.5. The van der Waals surface area contributed by atoms with E-state index < -0.39 is 6.03 Å². The maximum atomic E-state index is 11.6. The second-order valence-electron chi connectivity index (χ2n) is 3.29. The lowest BCUT2D eigenvalue weighted by Crippen LogP contribution is -2.41. The highest BCUT2D eigenvalue weighted by molar-refractivity contribution is 8.00. The molecule has 2 N–H and O–H groups in total. The van der Waals surface area contributed by atoms with E-state index in [1.54, 1.807) is 19.1 Å². The van der Waals surface area contributed by atoms with Crippen LogP contribution in [0.2, 0.25) is 5.02 Å². The van der Waals surface area contributed by atoms with E-state index in [0.29, 0.717) is 5.02 Å². The Hall–Kier alpha value is -1.20. The third-order valence-electron chi connectivity index (χ3n) is 1.94. The van der Waals surface area contributed by atoms with Crippen molar-refractivity contribution in [3.8, 4) is 0 Å². The normalized spacial score (nSPS) is 11.7. The quantitative estimate of drug-likeness (QED) is 0.830. The summed E-state index contributed by atoms with van der Waals surface area (Å²) in [5.74, 6) is -0.339. The first-order valence-corrected chi connectivity index (χ1v) is 6.23. The number of amides is 3. The van der Waals surface area contributed by atoms with Gasteiger partial charge in [-0.05, 0) is 25.1 Å². The van der Waals surface area contributed by atoms with E-state index in [4.69, 9.17) is 11.6 Å². The second kappa shape index (κ2) is 6.51. The molecule has 0 saturated carbocycles. The van der Waals surface area contributed by atoms with Crippen LogP contribution in [0, 0.1) is 0 Å². The van der Waals surface area contributed by atoms with Crippen LogP contribution in [-0.2, 0) is 4.79 Å². The highest BCUT2D eigenvalue weighted by Crippen LogP contribution is 2.25. The van der Waals surface area contributed by atoms with Gasteiger partial charge in [0.05, 0.1) is 5.25 Å². The third kappa shape index (κ3) is 4.66. The van der Waals surface area contributed by atoms with E-state index in [1.165, 1.54) is 18.8 Å². The van der Waals surface area contributed by atoms with Crippen molar-refractivity contribution in [1.29, 1.82) is 0 Å². The molecular formula is C11H13ClN2O2S. The number of thioether (sulfide) groups is 1. The lowest BCUT2D eigenvalue weighted by molar-refractivity contribution is -0.119. The van der Waals surface area contributed by atoms with Crippen molar-refractivity contribution in [2.45, 2.75) is 17.1 Å². The fraction of sp³-hybridized carbons (Fsp3) is 0.273. The van der Waals surface area contributed by atoms with Crippen LogP contribution in [0.25, 0.3) is 0 Å². The summed E-state index contributed by atoms with van der Waals surface area (Å²) in [5, 5.41) is 4.79. The largest absolute Gasteiger partial charge is 0.341 e. The molecule has 0 heterocycles. The molecule has 0 bridgehead atoms. The molecule has 3 amide bonds. The SMILES string of the molecule is CNC(=O)NC(=O)[C@@H](C)Sc1cccc(Cl)c1. The van der Waals surface area contributed by atoms with Crippen LogP contribution < -0.4 is 10.6 Å². The van der Waals surface area contributed by atoms with Crippen molar-refractivity contribution < 1.29 is 9.59 Å². The Morgan fingerprint density at radius 1 is 1.41 bits per heavy atom. The first kappa shape index (κ1) is 13.9. The summed E-state index contributed by atoms with van der Waals surface area (Å²) in [4.78, 5) is 23.4. The molecule has 0 aliphatic rings. The van der Waals surface area contributed by atoms with Gasteiger partial charge in [0.1, 0.15) is 0 Å². The zero-order chi connectivity index (χ0) is 12.8. The smallest absolute Gasteiger partial charge is 0.321 e. The Balaban J connectivity index is 2.57. The van der Waals surface area contributed by atoms with Gasteiger partial charge in [-0.3, -0.25) is 10.1 Å². The van der Waals surface area contributed by atoms with Gasteiger partial charge in [0.15, 0.2) is 0 Å². The van der Waals surface area contributed by atoms with E-state index in [2.05, 4.69) is 10.6 Å². The van der Waals surface area contributed by atoms with Gasteiger partial charge in [0, 0.05) is 17.0 Å². The minimum absolute atomic E-state index is 0.339. The predicted molar refractivity (Wildman–Crippen MR) is 69.4 cm³/mol. The first-order valence-electron chi connectivity index (χ1n) is 4.97. The summed E-state index contributed by atoms with van der Waals surface area (Å²) < 4.78 is 0. The van der Waals surface area contributed by atoms with Gasteiger partial charge in [0.2, 0.25) is 5.91 Å². The van der Waals surface area contributed by atoms with E-state index in [1.807, 2.05) is 12.1 Å². The van der Waals surface area contributed by atoms with E-state index >= 15 is 0 Å². The van der Waals surface area contributed by atoms with Crippen LogP contribution in [0.15, 0.2) is 29.2 Å². The number of urea groups is 1. The number of hydrogen-bond donors (Lipinski definition) is 2. The maximum Gasteiger partial charge on any atom is 0.321 e. The standard InChI is InChI=1S/C11H13ClN2O2S/c1-7(10(15)14-11(16)13-2)17-9-5-3-4-8(12)6-9/h3-7H,1-2H3,(H2,13,14,15,16)/t7-/m1/s1. The summed E-state index contributed by atoms with van der Waals surface area (Å²) in [6.07, 6.45) is 0. The monoisotopic (exact) mass is 272 g/mol. The van der Waals surface area contributed by atoms with E-state index in [0.717, 1.165) is 4.90 Å². The molecule has 6 heteroatoms. The van der Waals surface area contributed by atoms with Gasteiger partial charge in [0.25, 0.3) is 0 Å². The number of carbonyl (C=O) groups excluding carboxylic acids is 2. The van der Waals surface area contributed by atoms with Gasteiger partial charge in [-0.15, -0.1) is 11.8 Å². The van der Waals surface area contributed by atoms with Crippen LogP contribution in [0.5, 0.6) is 0 Å². The molecule has 1 aromatic carbocycles. The van der Waals surface area contributed by atoms with Gasteiger partial charge in [-0.1, -0.05) is 17.7 Å². The molecule has 0 aliphatic carbocycles. The Kier molecular flexibility index (Phi) is 5.31. The fourth-order valence-electron chi connectivity index (χ4n) is 1.07. The first-order chi connectivity index (χ1) is 8.02. The van der Waals surface area contributed by atoms with E-state index in [9.17, 15) is 9.59 Å². The highest BCUT2D eigenvalue weighted by Gasteiger charge is 2.16. The number of benzene rings is 1. The summed E-state index contributed by atoms with van der Waals surface area (Å²) in [6, 6.07) is 6.71. The molecule has 0 fully saturated rings. The number of halogens is 1. The Bertz CT molecular complexity index is 426. The van der Waals surface area contributed by atoms with Gasteiger partial charge < -0.3 is 5.32 Å². The molecule has 0 saturated heterocycles. The maximum absolute atomic E-state index is 11.6. The number of nitrogens with one attached hydrogen (secondary N) is 2.